The van der Waals surface area contributed by atoms with Crippen molar-refractivity contribution in [1.29, 1.82) is 0 Å². The van der Waals surface area contributed by atoms with E-state index < -0.39 is 0 Å². The molecule has 1 rings (SSSR count). The van der Waals surface area contributed by atoms with Crippen LogP contribution in [0.25, 0.3) is 0 Å². The Morgan fingerprint density at radius 1 is 1.25 bits per heavy atom. The molecule has 0 saturated carbocycles. The second kappa shape index (κ2) is 5.65. The number of benzene rings is 1. The van der Waals surface area contributed by atoms with Crippen molar-refractivity contribution in [3.8, 4) is 5.75 Å². The van der Waals surface area contributed by atoms with Crippen LogP contribution in [-0.4, -0.2) is 11.1 Å². The van der Waals surface area contributed by atoms with E-state index in [-0.39, 0.29) is 15.8 Å². The lowest BCUT2D eigenvalue weighted by Gasteiger charge is -2.21. The van der Waals surface area contributed by atoms with Gasteiger partial charge in [-0.25, -0.2) is 0 Å². The van der Waals surface area contributed by atoms with E-state index in [0.29, 0.717) is 12.0 Å². The molecule has 4 heteroatoms. The maximum Gasteiger partial charge on any atom is 0.152 e. The van der Waals surface area contributed by atoms with Gasteiger partial charge in [0.2, 0.25) is 0 Å². The predicted molar refractivity (Wildman–Crippen MR) is 70.7 cm³/mol. The van der Waals surface area contributed by atoms with Crippen LogP contribution in [0.2, 0.25) is 10.0 Å². The number of phenols is 1. The molecule has 2 unspecified atom stereocenters. The summed E-state index contributed by atoms with van der Waals surface area (Å²) < 4.78 is 0. The maximum absolute atomic E-state index is 9.43. The summed E-state index contributed by atoms with van der Waals surface area (Å²) in [6.45, 7) is 6.45. The van der Waals surface area contributed by atoms with Gasteiger partial charge in [0.05, 0.1) is 10.0 Å². The number of rotatable bonds is 4. The first-order chi connectivity index (χ1) is 7.45. The highest BCUT2D eigenvalue weighted by molar-refractivity contribution is 6.37. The Balaban J connectivity index is 2.82. The SMILES string of the molecule is CCC(C)C(C)Nc1cc(Cl)c(O)c(Cl)c1. The highest BCUT2D eigenvalue weighted by atomic mass is 35.5. The summed E-state index contributed by atoms with van der Waals surface area (Å²) in [7, 11) is 0. The van der Waals surface area contributed by atoms with Gasteiger partial charge in [0.1, 0.15) is 0 Å². The molecule has 2 N–H and O–H groups in total. The van der Waals surface area contributed by atoms with Gasteiger partial charge in [-0.15, -0.1) is 0 Å². The molecule has 90 valence electrons. The molecule has 0 aliphatic heterocycles. The van der Waals surface area contributed by atoms with Crippen LogP contribution in [-0.2, 0) is 0 Å². The Labute approximate surface area is 107 Å². The summed E-state index contributed by atoms with van der Waals surface area (Å²) in [4.78, 5) is 0. The van der Waals surface area contributed by atoms with Crippen LogP contribution in [0.3, 0.4) is 0 Å². The molecule has 1 aromatic rings. The number of hydrogen-bond acceptors (Lipinski definition) is 2. The Hall–Kier alpha value is -0.600. The van der Waals surface area contributed by atoms with Crippen molar-refractivity contribution < 1.29 is 5.11 Å². The van der Waals surface area contributed by atoms with Crippen molar-refractivity contribution in [3.05, 3.63) is 22.2 Å². The van der Waals surface area contributed by atoms with Crippen molar-refractivity contribution in [3.63, 3.8) is 0 Å². The molecule has 0 saturated heterocycles. The highest BCUT2D eigenvalue weighted by Gasteiger charge is 2.12. The van der Waals surface area contributed by atoms with Crippen molar-refractivity contribution >= 4 is 28.9 Å². The molecular weight excluding hydrogens is 245 g/mol. The van der Waals surface area contributed by atoms with E-state index in [9.17, 15) is 5.11 Å². The highest BCUT2D eigenvalue weighted by Crippen LogP contribution is 2.35. The van der Waals surface area contributed by atoms with E-state index in [1.807, 2.05) is 0 Å². The van der Waals surface area contributed by atoms with E-state index in [0.717, 1.165) is 12.1 Å². The van der Waals surface area contributed by atoms with Gasteiger partial charge in [-0.05, 0) is 25.0 Å². The van der Waals surface area contributed by atoms with Gasteiger partial charge < -0.3 is 10.4 Å². The lowest BCUT2D eigenvalue weighted by atomic mass is 10.0. The fourth-order valence-electron chi connectivity index (χ4n) is 1.41. The largest absolute Gasteiger partial charge is 0.505 e. The number of aromatic hydroxyl groups is 1. The van der Waals surface area contributed by atoms with Crippen LogP contribution in [0.1, 0.15) is 27.2 Å². The topological polar surface area (TPSA) is 32.3 Å². The Morgan fingerprint density at radius 2 is 1.75 bits per heavy atom. The van der Waals surface area contributed by atoms with E-state index >= 15 is 0 Å². The van der Waals surface area contributed by atoms with Crippen molar-refractivity contribution in [2.45, 2.75) is 33.2 Å². The predicted octanol–water partition coefficient (Wildman–Crippen LogP) is 4.55. The van der Waals surface area contributed by atoms with E-state index in [1.54, 1.807) is 12.1 Å². The molecule has 0 aromatic heterocycles. The van der Waals surface area contributed by atoms with Crippen LogP contribution in [0, 0.1) is 5.92 Å². The van der Waals surface area contributed by atoms with E-state index in [2.05, 4.69) is 26.1 Å². The van der Waals surface area contributed by atoms with Crippen LogP contribution in [0.15, 0.2) is 12.1 Å². The van der Waals surface area contributed by atoms with Gasteiger partial charge in [0.25, 0.3) is 0 Å². The number of hydrogen-bond donors (Lipinski definition) is 2. The maximum atomic E-state index is 9.43. The first-order valence-electron chi connectivity index (χ1n) is 5.40. The molecule has 2 atom stereocenters. The lowest BCUT2D eigenvalue weighted by Crippen LogP contribution is -2.23. The minimum Gasteiger partial charge on any atom is -0.505 e. The molecule has 0 aliphatic rings. The second-order valence-electron chi connectivity index (χ2n) is 4.11. The average molecular weight is 262 g/mol. The molecule has 0 aliphatic carbocycles. The molecule has 0 radical (unpaired) electrons. The number of anilines is 1. The molecule has 1 aromatic carbocycles. The molecule has 16 heavy (non-hydrogen) atoms. The number of nitrogens with one attached hydrogen (secondary N) is 1. The summed E-state index contributed by atoms with van der Waals surface area (Å²) in [5.74, 6) is 0.497. The normalized spacial score (nSPS) is 14.6. The first kappa shape index (κ1) is 13.5. The monoisotopic (exact) mass is 261 g/mol. The fraction of sp³-hybridized carbons (Fsp3) is 0.500. The lowest BCUT2D eigenvalue weighted by molar-refractivity contribution is 0.475. The molecule has 0 spiro atoms. The number of phenolic OH excluding ortho intramolecular Hbond substituents is 1. The van der Waals surface area contributed by atoms with Gasteiger partial charge in [-0.3, -0.25) is 0 Å². The molecule has 2 nitrogen and oxygen atoms in total. The molecule has 0 bridgehead atoms. The first-order valence-corrected chi connectivity index (χ1v) is 6.15. The molecular formula is C12H17Cl2NO. The molecule has 0 fully saturated rings. The van der Waals surface area contributed by atoms with E-state index in [4.69, 9.17) is 23.2 Å². The van der Waals surface area contributed by atoms with E-state index in [1.165, 1.54) is 0 Å². The molecule has 0 amide bonds. The van der Waals surface area contributed by atoms with Crippen LogP contribution in [0.4, 0.5) is 5.69 Å². The Kier molecular flexibility index (Phi) is 4.75. The van der Waals surface area contributed by atoms with Crippen LogP contribution in [0.5, 0.6) is 5.75 Å². The quantitative estimate of drug-likeness (QED) is 0.780. The second-order valence-corrected chi connectivity index (χ2v) is 4.92. The minimum absolute atomic E-state index is 0.0647. The zero-order valence-electron chi connectivity index (χ0n) is 9.72. The summed E-state index contributed by atoms with van der Waals surface area (Å²) in [6.07, 6.45) is 1.10. The third-order valence-electron chi connectivity index (χ3n) is 2.91. The smallest absolute Gasteiger partial charge is 0.152 e. The fourth-order valence-corrected chi connectivity index (χ4v) is 1.89. The summed E-state index contributed by atoms with van der Waals surface area (Å²) in [6, 6.07) is 3.70. The average Bonchev–Trinajstić information content (AvgIpc) is 2.24. The van der Waals surface area contributed by atoms with Crippen molar-refractivity contribution in [1.82, 2.24) is 0 Å². The zero-order valence-corrected chi connectivity index (χ0v) is 11.2. The van der Waals surface area contributed by atoms with Gasteiger partial charge in [0.15, 0.2) is 5.75 Å². The Morgan fingerprint density at radius 3 is 2.19 bits per heavy atom. The summed E-state index contributed by atoms with van der Waals surface area (Å²) in [5.41, 5.74) is 0.834. The van der Waals surface area contributed by atoms with Crippen LogP contribution >= 0.6 is 23.2 Å². The van der Waals surface area contributed by atoms with Crippen molar-refractivity contribution in [2.75, 3.05) is 5.32 Å². The summed E-state index contributed by atoms with van der Waals surface area (Å²) >= 11 is 11.7. The van der Waals surface area contributed by atoms with Gasteiger partial charge in [-0.1, -0.05) is 43.5 Å². The van der Waals surface area contributed by atoms with Crippen LogP contribution < -0.4 is 5.32 Å². The van der Waals surface area contributed by atoms with Gasteiger partial charge in [0, 0.05) is 11.7 Å². The number of halogens is 2. The zero-order chi connectivity index (χ0) is 12.3. The standard InChI is InChI=1S/C12H17Cl2NO/c1-4-7(2)8(3)15-9-5-10(13)12(16)11(14)6-9/h5-8,15-16H,4H2,1-3H3. The molecule has 0 heterocycles. The third-order valence-corrected chi connectivity index (χ3v) is 3.48. The van der Waals surface area contributed by atoms with Gasteiger partial charge >= 0.3 is 0 Å². The minimum atomic E-state index is -0.0647. The van der Waals surface area contributed by atoms with Gasteiger partial charge in [-0.2, -0.15) is 0 Å². The Bertz CT molecular complexity index is 345. The summed E-state index contributed by atoms with van der Waals surface area (Å²) in [5, 5.41) is 13.3. The third kappa shape index (κ3) is 3.19. The van der Waals surface area contributed by atoms with Crippen molar-refractivity contribution in [2.24, 2.45) is 5.92 Å².